The molecule has 0 aromatic rings. The van der Waals surface area contributed by atoms with Crippen LogP contribution in [0.4, 0.5) is 4.79 Å². The van der Waals surface area contributed by atoms with Gasteiger partial charge in [-0.05, 0) is 38.5 Å². The van der Waals surface area contributed by atoms with Crippen LogP contribution < -0.4 is 5.32 Å². The van der Waals surface area contributed by atoms with Crippen LogP contribution in [0, 0.1) is 5.92 Å². The molecular formula is C22H33NO7S. The summed E-state index contributed by atoms with van der Waals surface area (Å²) in [5.74, 6) is -1.60. The highest BCUT2D eigenvalue weighted by molar-refractivity contribution is 8.14. The number of carbonyl (C=O) groups excluding carboxylic acids is 2. The second kappa shape index (κ2) is 10.5. The highest BCUT2D eigenvalue weighted by Gasteiger charge is 2.49. The molecule has 9 heteroatoms. The van der Waals surface area contributed by atoms with Gasteiger partial charge in [-0.25, -0.2) is 4.79 Å². The summed E-state index contributed by atoms with van der Waals surface area (Å²) in [5.41, 5.74) is 0.735. The van der Waals surface area contributed by atoms with Crippen molar-refractivity contribution in [2.45, 2.75) is 88.6 Å². The molecule has 31 heavy (non-hydrogen) atoms. The zero-order chi connectivity index (χ0) is 22.6. The van der Waals surface area contributed by atoms with Crippen LogP contribution in [0.2, 0.25) is 0 Å². The fraction of sp³-hybridized carbons (Fsp3) is 0.727. The lowest BCUT2D eigenvalue weighted by Crippen LogP contribution is -2.58. The molecule has 3 aliphatic heterocycles. The lowest BCUT2D eigenvalue weighted by atomic mass is 9.90. The number of aliphatic hydroxyl groups excluding tert-OH is 2. The van der Waals surface area contributed by atoms with Gasteiger partial charge in [-0.3, -0.25) is 4.79 Å². The van der Waals surface area contributed by atoms with Crippen LogP contribution in [-0.4, -0.2) is 68.5 Å². The Balaban J connectivity index is 1.79. The van der Waals surface area contributed by atoms with Gasteiger partial charge in [0.2, 0.25) is 0 Å². The lowest BCUT2D eigenvalue weighted by molar-refractivity contribution is -0.283. The van der Waals surface area contributed by atoms with E-state index in [1.165, 1.54) is 6.08 Å². The molecule has 0 saturated carbocycles. The van der Waals surface area contributed by atoms with Gasteiger partial charge in [0, 0.05) is 24.7 Å². The van der Waals surface area contributed by atoms with Crippen molar-refractivity contribution in [3.63, 3.8) is 0 Å². The highest BCUT2D eigenvalue weighted by atomic mass is 32.2. The van der Waals surface area contributed by atoms with Gasteiger partial charge < -0.3 is 30.1 Å². The zero-order valence-electron chi connectivity index (χ0n) is 18.0. The summed E-state index contributed by atoms with van der Waals surface area (Å²) in [6.07, 6.45) is 4.79. The Morgan fingerprint density at radius 3 is 2.65 bits per heavy atom. The number of hydrogen-bond acceptors (Lipinski definition) is 8. The van der Waals surface area contributed by atoms with E-state index in [4.69, 9.17) is 9.47 Å². The SMILES string of the molecule is C/C1=C/C(=O)OC2C[C@@H](CC[C@H](C)/C=C\[C@H](O)[C@@H](O)CC1)O[C@@](O)([C@@H]1CSC(=O)N1)C2. The first kappa shape index (κ1) is 24.3. The van der Waals surface area contributed by atoms with Crippen LogP contribution in [0.5, 0.6) is 0 Å². The molecule has 1 amide bonds. The monoisotopic (exact) mass is 455 g/mol. The van der Waals surface area contributed by atoms with Gasteiger partial charge in [0.1, 0.15) is 6.10 Å². The first-order valence-electron chi connectivity index (χ1n) is 10.9. The first-order chi connectivity index (χ1) is 14.6. The fourth-order valence-corrected chi connectivity index (χ4v) is 5.09. The van der Waals surface area contributed by atoms with E-state index in [2.05, 4.69) is 5.32 Å². The van der Waals surface area contributed by atoms with E-state index in [1.54, 1.807) is 13.0 Å². The third kappa shape index (κ3) is 6.79. The van der Waals surface area contributed by atoms with Gasteiger partial charge >= 0.3 is 5.97 Å². The molecule has 0 aliphatic carbocycles. The number of nitrogens with one attached hydrogen (secondary N) is 1. The normalized spacial score (nSPS) is 43.5. The van der Waals surface area contributed by atoms with Gasteiger partial charge in [-0.15, -0.1) is 0 Å². The molecule has 0 radical (unpaired) electrons. The van der Waals surface area contributed by atoms with Crippen molar-refractivity contribution in [3.8, 4) is 0 Å². The number of aliphatic hydroxyl groups is 3. The molecule has 3 heterocycles. The third-order valence-corrected chi connectivity index (χ3v) is 6.97. The predicted octanol–water partition coefficient (Wildman–Crippen LogP) is 2.03. The molecule has 7 atom stereocenters. The molecule has 3 rings (SSSR count). The van der Waals surface area contributed by atoms with E-state index in [0.717, 1.165) is 23.8 Å². The molecule has 2 fully saturated rings. The molecule has 0 aromatic heterocycles. The Hall–Kier alpha value is -1.39. The maximum Gasteiger partial charge on any atom is 0.330 e. The number of thioether (sulfide) groups is 1. The standard InChI is InChI=1S/C22H33NO7S/c1-13-3-6-15-10-16(11-22(28,30-15)19-12-31-21(27)23-19)29-20(26)9-14(2)5-8-18(25)17(24)7-4-13/h4,7,9,13,15-19,24-25,28H,3,5-6,8,10-12H2,1-2H3,(H,23,27)/b7-4-,14-9-/t13-,15+,16?,17-,18-,19-,22+/m0/s1. The summed E-state index contributed by atoms with van der Waals surface area (Å²) in [6.45, 7) is 3.78. The summed E-state index contributed by atoms with van der Waals surface area (Å²) in [7, 11) is 0. The van der Waals surface area contributed by atoms with E-state index in [9.17, 15) is 24.9 Å². The van der Waals surface area contributed by atoms with E-state index >= 15 is 0 Å². The molecule has 0 spiro atoms. The topological polar surface area (TPSA) is 125 Å². The predicted molar refractivity (Wildman–Crippen MR) is 116 cm³/mol. The minimum Gasteiger partial charge on any atom is -0.459 e. The number of allylic oxidation sites excluding steroid dienone is 2. The summed E-state index contributed by atoms with van der Waals surface area (Å²) in [4.78, 5) is 24.1. The van der Waals surface area contributed by atoms with Crippen LogP contribution in [0.1, 0.15) is 52.4 Å². The lowest BCUT2D eigenvalue weighted by Gasteiger charge is -2.43. The van der Waals surface area contributed by atoms with Crippen molar-refractivity contribution in [3.05, 3.63) is 23.8 Å². The molecule has 174 valence electrons. The number of amides is 1. The zero-order valence-corrected chi connectivity index (χ0v) is 18.8. The van der Waals surface area contributed by atoms with Crippen LogP contribution >= 0.6 is 11.8 Å². The molecule has 4 N–H and O–H groups in total. The second-order valence-corrected chi connectivity index (χ2v) is 9.90. The Morgan fingerprint density at radius 2 is 1.94 bits per heavy atom. The summed E-state index contributed by atoms with van der Waals surface area (Å²) in [6, 6.07) is -0.564. The maximum atomic E-state index is 12.5. The molecule has 2 bridgehead atoms. The van der Waals surface area contributed by atoms with E-state index in [1.807, 2.05) is 13.0 Å². The highest BCUT2D eigenvalue weighted by Crippen LogP contribution is 2.37. The summed E-state index contributed by atoms with van der Waals surface area (Å²) in [5, 5.41) is 34.1. The third-order valence-electron chi connectivity index (χ3n) is 6.09. The number of carbonyl (C=O) groups is 2. The van der Waals surface area contributed by atoms with Gasteiger partial charge in [0.25, 0.3) is 5.24 Å². The number of rotatable bonds is 1. The smallest absolute Gasteiger partial charge is 0.330 e. The van der Waals surface area contributed by atoms with Crippen molar-refractivity contribution >= 4 is 23.0 Å². The van der Waals surface area contributed by atoms with E-state index < -0.39 is 36.1 Å². The quantitative estimate of drug-likeness (QED) is 0.350. The maximum absolute atomic E-state index is 12.5. The van der Waals surface area contributed by atoms with Crippen molar-refractivity contribution < 1.29 is 34.4 Å². The Morgan fingerprint density at radius 1 is 1.16 bits per heavy atom. The van der Waals surface area contributed by atoms with Crippen molar-refractivity contribution in [2.75, 3.05) is 5.75 Å². The van der Waals surface area contributed by atoms with Crippen LogP contribution in [0.15, 0.2) is 23.8 Å². The molecule has 1 unspecified atom stereocenters. The van der Waals surface area contributed by atoms with Crippen LogP contribution in [0.3, 0.4) is 0 Å². The first-order valence-corrected chi connectivity index (χ1v) is 11.9. The van der Waals surface area contributed by atoms with Crippen LogP contribution in [0.25, 0.3) is 0 Å². The van der Waals surface area contributed by atoms with Crippen molar-refractivity contribution in [2.24, 2.45) is 5.92 Å². The van der Waals surface area contributed by atoms with Gasteiger partial charge in [-0.2, -0.15) is 0 Å². The average molecular weight is 456 g/mol. The number of ether oxygens (including phenoxy) is 2. The average Bonchev–Trinajstić information content (AvgIpc) is 3.14. The molecule has 3 aliphatic rings. The fourth-order valence-electron chi connectivity index (χ4n) is 4.20. The van der Waals surface area contributed by atoms with Crippen molar-refractivity contribution in [1.29, 1.82) is 0 Å². The number of hydrogen-bond donors (Lipinski definition) is 4. The Kier molecular flexibility index (Phi) is 8.20. The number of esters is 1. The molecule has 2 saturated heterocycles. The largest absolute Gasteiger partial charge is 0.459 e. The van der Waals surface area contributed by atoms with E-state index in [-0.39, 0.29) is 23.7 Å². The molecule has 8 nitrogen and oxygen atoms in total. The summed E-state index contributed by atoms with van der Waals surface area (Å²) >= 11 is 1.10. The van der Waals surface area contributed by atoms with Gasteiger partial charge in [0.05, 0.1) is 24.4 Å². The Labute approximate surface area is 187 Å². The Bertz CT molecular complexity index is 727. The molecular weight excluding hydrogens is 422 g/mol. The summed E-state index contributed by atoms with van der Waals surface area (Å²) < 4.78 is 11.7. The minimum atomic E-state index is -1.60. The second-order valence-electron chi connectivity index (χ2n) is 8.91. The minimum absolute atomic E-state index is 0.0913. The van der Waals surface area contributed by atoms with Crippen molar-refractivity contribution in [1.82, 2.24) is 5.32 Å². The van der Waals surface area contributed by atoms with Gasteiger partial charge in [-0.1, -0.05) is 36.4 Å². The number of fused-ring (bicyclic) bond motifs is 2. The molecule has 0 aromatic carbocycles. The van der Waals surface area contributed by atoms with E-state index in [0.29, 0.717) is 31.4 Å². The van der Waals surface area contributed by atoms with Crippen LogP contribution in [-0.2, 0) is 14.3 Å². The van der Waals surface area contributed by atoms with Gasteiger partial charge in [0.15, 0.2) is 5.79 Å².